The number of rotatable bonds is 2. The van der Waals surface area contributed by atoms with Crippen molar-refractivity contribution in [2.75, 3.05) is 6.54 Å². The first-order chi connectivity index (χ1) is 9.45. The number of carbonyl (C=O) groups is 3. The molecule has 0 radical (unpaired) electrons. The van der Waals surface area contributed by atoms with Gasteiger partial charge in [0.25, 0.3) is 0 Å². The summed E-state index contributed by atoms with van der Waals surface area (Å²) in [6.07, 6.45) is 0.0643. The molecule has 0 aromatic rings. The molecule has 3 rings (SSSR count). The summed E-state index contributed by atoms with van der Waals surface area (Å²) < 4.78 is 5.29. The lowest BCUT2D eigenvalue weighted by atomic mass is 9.84. The van der Waals surface area contributed by atoms with Crippen LogP contribution in [0.15, 0.2) is 0 Å². The summed E-state index contributed by atoms with van der Waals surface area (Å²) in [5.74, 6) is -1.38. The van der Waals surface area contributed by atoms with Gasteiger partial charge < -0.3 is 14.7 Å². The normalized spacial score (nSPS) is 25.5. The van der Waals surface area contributed by atoms with Gasteiger partial charge in [0.05, 0.1) is 6.04 Å². The fourth-order valence-corrected chi connectivity index (χ4v) is 2.67. The first-order valence-electron chi connectivity index (χ1n) is 7.01. The van der Waals surface area contributed by atoms with Gasteiger partial charge in [-0.3, -0.25) is 9.69 Å². The minimum atomic E-state index is -1.27. The SMILES string of the molecule is CC(C)(C)OC(=O)N1C2CC1C(=O)N(C(C)(C)C(=O)O)C2. The Balaban J connectivity index is 2.12. The molecule has 2 unspecified atom stereocenters. The van der Waals surface area contributed by atoms with Crippen LogP contribution in [0.4, 0.5) is 4.79 Å². The number of ether oxygens (including phenoxy) is 1. The fourth-order valence-electron chi connectivity index (χ4n) is 2.67. The van der Waals surface area contributed by atoms with Crippen molar-refractivity contribution in [3.63, 3.8) is 0 Å². The Labute approximate surface area is 123 Å². The van der Waals surface area contributed by atoms with Crippen LogP contribution in [0, 0.1) is 0 Å². The fraction of sp³-hybridized carbons (Fsp3) is 0.786. The second kappa shape index (κ2) is 4.61. The van der Waals surface area contributed by atoms with Crippen LogP contribution in [0.3, 0.4) is 0 Å². The Hall–Kier alpha value is -1.79. The van der Waals surface area contributed by atoms with Crippen LogP contribution in [0.5, 0.6) is 0 Å². The zero-order chi connectivity index (χ0) is 16.2. The Kier molecular flexibility index (Phi) is 3.42. The van der Waals surface area contributed by atoms with Crippen molar-refractivity contribution in [1.82, 2.24) is 9.80 Å². The number of aliphatic carboxylic acids is 1. The summed E-state index contributed by atoms with van der Waals surface area (Å²) in [6.45, 7) is 8.52. The van der Waals surface area contributed by atoms with Crippen LogP contribution in [-0.2, 0) is 14.3 Å². The van der Waals surface area contributed by atoms with Crippen molar-refractivity contribution >= 4 is 18.0 Å². The van der Waals surface area contributed by atoms with E-state index in [4.69, 9.17) is 4.74 Å². The Morgan fingerprint density at radius 2 is 1.81 bits per heavy atom. The van der Waals surface area contributed by atoms with E-state index in [1.807, 2.05) is 0 Å². The van der Waals surface area contributed by atoms with Crippen LogP contribution >= 0.6 is 0 Å². The van der Waals surface area contributed by atoms with Gasteiger partial charge in [0.2, 0.25) is 5.91 Å². The third-order valence-corrected chi connectivity index (χ3v) is 3.97. The maximum absolute atomic E-state index is 12.4. The predicted molar refractivity (Wildman–Crippen MR) is 73.7 cm³/mol. The number of fused-ring (bicyclic) bond motifs is 2. The average Bonchev–Trinajstić information content (AvgIpc) is 2.24. The number of piperidine rings is 1. The molecule has 7 nitrogen and oxygen atoms in total. The van der Waals surface area contributed by atoms with Gasteiger partial charge in [-0.25, -0.2) is 9.59 Å². The van der Waals surface area contributed by atoms with Crippen LogP contribution in [-0.4, -0.2) is 62.6 Å². The van der Waals surface area contributed by atoms with Gasteiger partial charge in [-0.15, -0.1) is 0 Å². The van der Waals surface area contributed by atoms with E-state index in [0.717, 1.165) is 0 Å². The second-order valence-corrected chi connectivity index (χ2v) is 7.11. The Bertz CT molecular complexity index is 494. The van der Waals surface area contributed by atoms with Crippen molar-refractivity contribution in [2.24, 2.45) is 0 Å². The van der Waals surface area contributed by atoms with E-state index < -0.39 is 29.2 Å². The summed E-state index contributed by atoms with van der Waals surface area (Å²) in [6, 6.07) is -0.765. The van der Waals surface area contributed by atoms with Crippen LogP contribution in [0.1, 0.15) is 41.0 Å². The third-order valence-electron chi connectivity index (χ3n) is 3.97. The molecular formula is C14H22N2O5. The van der Waals surface area contributed by atoms with Gasteiger partial charge in [0.1, 0.15) is 17.2 Å². The van der Waals surface area contributed by atoms with Crippen molar-refractivity contribution < 1.29 is 24.2 Å². The van der Waals surface area contributed by atoms with Crippen molar-refractivity contribution in [2.45, 2.75) is 64.3 Å². The lowest BCUT2D eigenvalue weighted by Crippen LogP contribution is -2.76. The summed E-state index contributed by atoms with van der Waals surface area (Å²) in [7, 11) is 0. The molecule has 0 aromatic heterocycles. The zero-order valence-electron chi connectivity index (χ0n) is 13.0. The molecule has 2 amide bonds. The molecule has 2 atom stereocenters. The molecule has 1 N–H and O–H groups in total. The highest BCUT2D eigenvalue weighted by atomic mass is 16.6. The van der Waals surface area contributed by atoms with Crippen molar-refractivity contribution in [3.8, 4) is 0 Å². The van der Waals surface area contributed by atoms with Crippen LogP contribution in [0.2, 0.25) is 0 Å². The number of amides is 2. The molecule has 21 heavy (non-hydrogen) atoms. The predicted octanol–water partition coefficient (Wildman–Crippen LogP) is 1.07. The number of hydrogen-bond donors (Lipinski definition) is 1. The van der Waals surface area contributed by atoms with E-state index in [2.05, 4.69) is 0 Å². The van der Waals surface area contributed by atoms with Crippen LogP contribution in [0.25, 0.3) is 0 Å². The Morgan fingerprint density at radius 3 is 2.24 bits per heavy atom. The molecule has 3 aliphatic heterocycles. The highest BCUT2D eigenvalue weighted by Crippen LogP contribution is 2.37. The third kappa shape index (κ3) is 2.56. The smallest absolute Gasteiger partial charge is 0.411 e. The minimum absolute atomic E-state index is 0.166. The van der Waals surface area contributed by atoms with Gasteiger partial charge in [-0.2, -0.15) is 0 Å². The summed E-state index contributed by atoms with van der Waals surface area (Å²) in [4.78, 5) is 38.6. The number of carboxylic acids is 1. The van der Waals surface area contributed by atoms with Crippen molar-refractivity contribution in [1.29, 1.82) is 0 Å². The first kappa shape index (κ1) is 15.6. The standard InChI is InChI=1S/C14H22N2O5/c1-13(2,3)21-12(20)16-8-6-9(16)10(17)15(7-8)14(4,5)11(18)19/h8-9H,6-7H2,1-5H3,(H,18,19). The van der Waals surface area contributed by atoms with Gasteiger partial charge in [-0.05, 0) is 41.0 Å². The van der Waals surface area contributed by atoms with Gasteiger partial charge in [-0.1, -0.05) is 0 Å². The zero-order valence-corrected chi connectivity index (χ0v) is 13.0. The van der Waals surface area contributed by atoms with E-state index in [-0.39, 0.29) is 18.5 Å². The topological polar surface area (TPSA) is 87.2 Å². The maximum Gasteiger partial charge on any atom is 0.411 e. The second-order valence-electron chi connectivity index (χ2n) is 7.11. The van der Waals surface area contributed by atoms with Gasteiger partial charge >= 0.3 is 12.1 Å². The molecule has 0 spiro atoms. The largest absolute Gasteiger partial charge is 0.480 e. The number of carbonyl (C=O) groups excluding carboxylic acids is 2. The molecule has 0 aromatic carbocycles. The lowest BCUT2D eigenvalue weighted by Gasteiger charge is -2.57. The molecule has 0 saturated carbocycles. The monoisotopic (exact) mass is 298 g/mol. The average molecular weight is 298 g/mol. The molecule has 7 heteroatoms. The van der Waals surface area contributed by atoms with Gasteiger partial charge in [0, 0.05) is 6.54 Å². The number of carboxylic acid groups (broad SMARTS) is 1. The molecule has 3 heterocycles. The molecule has 3 fully saturated rings. The van der Waals surface area contributed by atoms with E-state index in [1.54, 1.807) is 20.8 Å². The summed E-state index contributed by atoms with van der Waals surface area (Å²) >= 11 is 0. The number of nitrogens with zero attached hydrogens (tertiary/aromatic N) is 2. The number of piperazine rings is 1. The summed E-state index contributed by atoms with van der Waals surface area (Å²) in [5, 5.41) is 9.24. The number of hydrogen-bond acceptors (Lipinski definition) is 4. The molecule has 0 aliphatic carbocycles. The van der Waals surface area contributed by atoms with Crippen LogP contribution < -0.4 is 0 Å². The summed E-state index contributed by atoms with van der Waals surface area (Å²) in [5.41, 5.74) is -1.89. The maximum atomic E-state index is 12.4. The molecule has 3 aliphatic rings. The quantitative estimate of drug-likeness (QED) is 0.824. The van der Waals surface area contributed by atoms with E-state index in [1.165, 1.54) is 23.6 Å². The van der Waals surface area contributed by atoms with E-state index >= 15 is 0 Å². The minimum Gasteiger partial charge on any atom is -0.480 e. The molecule has 2 bridgehead atoms. The van der Waals surface area contributed by atoms with E-state index in [9.17, 15) is 19.5 Å². The molecule has 118 valence electrons. The highest BCUT2D eigenvalue weighted by Gasteiger charge is 2.57. The lowest BCUT2D eigenvalue weighted by molar-refractivity contribution is -0.175. The highest BCUT2D eigenvalue weighted by molar-refractivity contribution is 5.93. The van der Waals surface area contributed by atoms with E-state index in [0.29, 0.717) is 6.42 Å². The molecule has 3 saturated heterocycles. The first-order valence-corrected chi connectivity index (χ1v) is 7.01. The van der Waals surface area contributed by atoms with Gasteiger partial charge in [0.15, 0.2) is 0 Å². The Morgan fingerprint density at radius 1 is 1.24 bits per heavy atom. The van der Waals surface area contributed by atoms with Crippen molar-refractivity contribution in [3.05, 3.63) is 0 Å². The molecular weight excluding hydrogens is 276 g/mol.